The lowest BCUT2D eigenvalue weighted by Gasteiger charge is -2.34. The van der Waals surface area contributed by atoms with Crippen LogP contribution in [0.4, 0.5) is 16.3 Å². The van der Waals surface area contributed by atoms with E-state index in [2.05, 4.69) is 10.2 Å². The van der Waals surface area contributed by atoms with Gasteiger partial charge in [0.15, 0.2) is 0 Å². The summed E-state index contributed by atoms with van der Waals surface area (Å²) in [4.78, 5) is 27.0. The van der Waals surface area contributed by atoms with Crippen LogP contribution in [0.15, 0.2) is 42.5 Å². The van der Waals surface area contributed by atoms with E-state index in [0.717, 1.165) is 47.3 Å². The van der Waals surface area contributed by atoms with E-state index in [9.17, 15) is 4.79 Å². The zero-order chi connectivity index (χ0) is 25.1. The van der Waals surface area contributed by atoms with Crippen molar-refractivity contribution in [3.63, 3.8) is 0 Å². The lowest BCUT2D eigenvalue weighted by Crippen LogP contribution is -2.42. The predicted octanol–water partition coefficient (Wildman–Crippen LogP) is 4.81. The topological polar surface area (TPSA) is 79.8 Å². The van der Waals surface area contributed by atoms with E-state index in [1.165, 1.54) is 0 Å². The number of urea groups is 1. The van der Waals surface area contributed by atoms with E-state index in [0.29, 0.717) is 54.9 Å². The summed E-state index contributed by atoms with van der Waals surface area (Å²) in [6, 6.07) is 12.7. The fraction of sp³-hybridized carbons (Fsp3) is 0.346. The number of carbonyl (C=O) groups excluding carboxylic acids is 1. The maximum atomic E-state index is 13.1. The van der Waals surface area contributed by atoms with Gasteiger partial charge in [0, 0.05) is 48.6 Å². The number of halogens is 2. The average Bonchev–Trinajstić information content (AvgIpc) is 2.90. The molecule has 3 aromatic rings. The number of methoxy groups -OCH3 is 1. The molecular weight excluding hydrogens is 501 g/mol. The van der Waals surface area contributed by atoms with Gasteiger partial charge >= 0.3 is 6.03 Å². The highest BCUT2D eigenvalue weighted by Crippen LogP contribution is 2.30. The molecule has 188 valence electrons. The molecular formula is C26H27Cl2N5O3. The second kappa shape index (κ2) is 10.9. The summed E-state index contributed by atoms with van der Waals surface area (Å²) in [6.45, 7) is 3.71. The molecule has 1 saturated heterocycles. The molecule has 0 spiro atoms. The maximum Gasteiger partial charge on any atom is 0.322 e. The van der Waals surface area contributed by atoms with Gasteiger partial charge in [-0.25, -0.2) is 14.8 Å². The molecule has 2 aliphatic heterocycles. The number of morpholine rings is 1. The first-order chi connectivity index (χ1) is 17.5. The molecule has 0 unspecified atom stereocenters. The molecule has 5 rings (SSSR count). The van der Waals surface area contributed by atoms with Crippen molar-refractivity contribution in [2.45, 2.75) is 19.4 Å². The fourth-order valence-corrected chi connectivity index (χ4v) is 5.00. The van der Waals surface area contributed by atoms with Crippen molar-refractivity contribution in [1.82, 2.24) is 14.9 Å². The predicted molar refractivity (Wildman–Crippen MR) is 140 cm³/mol. The molecule has 1 aromatic heterocycles. The number of hydrogen-bond donors (Lipinski definition) is 1. The molecule has 1 fully saturated rings. The van der Waals surface area contributed by atoms with Crippen LogP contribution in [-0.4, -0.2) is 60.9 Å². The van der Waals surface area contributed by atoms with Crippen LogP contribution >= 0.6 is 23.2 Å². The second-order valence-electron chi connectivity index (χ2n) is 8.70. The van der Waals surface area contributed by atoms with E-state index in [1.807, 2.05) is 24.3 Å². The Bertz CT molecular complexity index is 1270. The van der Waals surface area contributed by atoms with Crippen molar-refractivity contribution < 1.29 is 14.3 Å². The smallest absolute Gasteiger partial charge is 0.322 e. The van der Waals surface area contributed by atoms with Crippen LogP contribution in [0, 0.1) is 0 Å². The van der Waals surface area contributed by atoms with Crippen LogP contribution in [0.1, 0.15) is 22.6 Å². The summed E-state index contributed by atoms with van der Waals surface area (Å²) in [5, 5.41) is 3.81. The lowest BCUT2D eigenvalue weighted by atomic mass is 10.0. The first kappa shape index (κ1) is 24.6. The zero-order valence-corrected chi connectivity index (χ0v) is 21.5. The van der Waals surface area contributed by atoms with E-state index in [4.69, 9.17) is 42.6 Å². The Morgan fingerprint density at radius 2 is 1.92 bits per heavy atom. The lowest BCUT2D eigenvalue weighted by molar-refractivity contribution is 0.122. The fourth-order valence-electron chi connectivity index (χ4n) is 4.54. The minimum atomic E-state index is -0.226. The Hall–Kier alpha value is -3.07. The summed E-state index contributed by atoms with van der Waals surface area (Å²) >= 11 is 12.2. The molecule has 0 aliphatic carbocycles. The van der Waals surface area contributed by atoms with Gasteiger partial charge in [0.05, 0.1) is 43.3 Å². The minimum absolute atomic E-state index is 0.226. The van der Waals surface area contributed by atoms with Gasteiger partial charge < -0.3 is 24.6 Å². The number of anilines is 2. The van der Waals surface area contributed by atoms with Crippen molar-refractivity contribution in [2.24, 2.45) is 0 Å². The van der Waals surface area contributed by atoms with Crippen molar-refractivity contribution in [2.75, 3.05) is 50.2 Å². The summed E-state index contributed by atoms with van der Waals surface area (Å²) in [5.41, 5.74) is 3.51. The average molecular weight is 528 g/mol. The van der Waals surface area contributed by atoms with E-state index in [1.54, 1.807) is 30.2 Å². The van der Waals surface area contributed by atoms with Gasteiger partial charge in [-0.2, -0.15) is 0 Å². The monoisotopic (exact) mass is 527 g/mol. The molecule has 36 heavy (non-hydrogen) atoms. The van der Waals surface area contributed by atoms with E-state index in [-0.39, 0.29) is 6.03 Å². The zero-order valence-electron chi connectivity index (χ0n) is 20.0. The van der Waals surface area contributed by atoms with Crippen LogP contribution in [0.3, 0.4) is 0 Å². The minimum Gasteiger partial charge on any atom is -0.496 e. The van der Waals surface area contributed by atoms with Crippen molar-refractivity contribution >= 4 is 40.7 Å². The summed E-state index contributed by atoms with van der Waals surface area (Å²) in [5.74, 6) is 2.43. The first-order valence-corrected chi connectivity index (χ1v) is 12.6. The number of benzene rings is 2. The number of rotatable bonds is 5. The molecule has 2 aliphatic rings. The van der Waals surface area contributed by atoms with Crippen LogP contribution in [0.25, 0.3) is 0 Å². The molecule has 10 heteroatoms. The quantitative estimate of drug-likeness (QED) is 0.512. The van der Waals surface area contributed by atoms with Crippen LogP contribution in [0.2, 0.25) is 10.0 Å². The Labute approximate surface area is 220 Å². The van der Waals surface area contributed by atoms with Crippen molar-refractivity contribution in [3.8, 4) is 5.75 Å². The number of ether oxygens (including phenoxy) is 2. The third kappa shape index (κ3) is 5.36. The Morgan fingerprint density at radius 1 is 1.11 bits per heavy atom. The molecule has 0 atom stereocenters. The van der Waals surface area contributed by atoms with E-state index < -0.39 is 0 Å². The molecule has 2 amide bonds. The number of para-hydroxylation sites is 1. The summed E-state index contributed by atoms with van der Waals surface area (Å²) in [7, 11) is 1.67. The van der Waals surface area contributed by atoms with Crippen molar-refractivity contribution in [3.05, 3.63) is 75.2 Å². The molecule has 0 saturated carbocycles. The molecule has 8 nitrogen and oxygen atoms in total. The highest BCUT2D eigenvalue weighted by Gasteiger charge is 2.29. The van der Waals surface area contributed by atoms with E-state index >= 15 is 0 Å². The summed E-state index contributed by atoms with van der Waals surface area (Å²) < 4.78 is 11.1. The van der Waals surface area contributed by atoms with Crippen LogP contribution in [-0.2, 0) is 24.1 Å². The molecule has 0 radical (unpaired) electrons. The molecule has 2 aromatic carbocycles. The van der Waals surface area contributed by atoms with Crippen LogP contribution in [0.5, 0.6) is 5.75 Å². The molecule has 3 heterocycles. The molecule has 0 bridgehead atoms. The van der Waals surface area contributed by atoms with Gasteiger partial charge in [-0.1, -0.05) is 41.4 Å². The normalized spacial score (nSPS) is 15.4. The first-order valence-electron chi connectivity index (χ1n) is 11.9. The van der Waals surface area contributed by atoms with Crippen molar-refractivity contribution in [1.29, 1.82) is 0 Å². The largest absolute Gasteiger partial charge is 0.496 e. The van der Waals surface area contributed by atoms with Gasteiger partial charge in [-0.05, 0) is 24.3 Å². The third-order valence-corrected chi connectivity index (χ3v) is 6.94. The van der Waals surface area contributed by atoms with Gasteiger partial charge in [-0.3, -0.25) is 0 Å². The number of nitrogens with one attached hydrogen (secondary N) is 1. The Balaban J connectivity index is 1.42. The van der Waals surface area contributed by atoms with Gasteiger partial charge in [0.1, 0.15) is 17.4 Å². The Kier molecular flexibility index (Phi) is 7.46. The highest BCUT2D eigenvalue weighted by molar-refractivity contribution is 6.36. The number of amides is 2. The summed E-state index contributed by atoms with van der Waals surface area (Å²) in [6.07, 6.45) is 1.20. The number of hydrogen-bond acceptors (Lipinski definition) is 6. The SMILES string of the molecule is COc1ccccc1Cc1nc2c(c(N3CCOCC3)n1)CN(C(=O)Nc1ccc(Cl)cc1Cl)CC2. The molecule has 1 N–H and O–H groups in total. The second-order valence-corrected chi connectivity index (χ2v) is 9.55. The van der Waals surface area contributed by atoms with Crippen LogP contribution < -0.4 is 15.0 Å². The number of carbonyl (C=O) groups is 1. The third-order valence-electron chi connectivity index (χ3n) is 6.40. The maximum absolute atomic E-state index is 13.1. The van der Waals surface area contributed by atoms with Gasteiger partial charge in [0.2, 0.25) is 0 Å². The highest BCUT2D eigenvalue weighted by atomic mass is 35.5. The Morgan fingerprint density at radius 3 is 2.69 bits per heavy atom. The number of aromatic nitrogens is 2. The number of nitrogens with zero attached hydrogens (tertiary/aromatic N) is 4. The number of fused-ring (bicyclic) bond motifs is 1. The standard InChI is InChI=1S/C26H27Cl2N5O3/c1-35-23-5-3-2-4-17(23)14-24-29-21-8-9-33(26(34)30-22-7-6-18(27)15-20(22)28)16-19(21)25(31-24)32-10-12-36-13-11-32/h2-7,15H,8-14,16H2,1H3,(H,30,34). The van der Waals surface area contributed by atoms with Gasteiger partial charge in [-0.15, -0.1) is 0 Å². The van der Waals surface area contributed by atoms with Gasteiger partial charge in [0.25, 0.3) is 0 Å².